The number of para-hydroxylation sites is 2. The number of hydrogen-bond acceptors (Lipinski definition) is 5. The summed E-state index contributed by atoms with van der Waals surface area (Å²) >= 11 is 0. The van der Waals surface area contributed by atoms with Crippen molar-refractivity contribution in [2.24, 2.45) is 0 Å². The average molecular weight is 306 g/mol. The molecule has 0 saturated heterocycles. The molecule has 1 aromatic carbocycles. The van der Waals surface area contributed by atoms with Crippen LogP contribution in [0.5, 0.6) is 0 Å². The Morgan fingerprint density at radius 2 is 2.10 bits per heavy atom. The molecule has 1 aliphatic rings. The van der Waals surface area contributed by atoms with Gasteiger partial charge in [-0.2, -0.15) is 0 Å². The predicted molar refractivity (Wildman–Crippen MR) is 81.3 cm³/mol. The first-order valence-electron chi connectivity index (χ1n) is 6.97. The summed E-state index contributed by atoms with van der Waals surface area (Å²) in [5, 5.41) is 10.9. The quantitative estimate of drug-likeness (QED) is 0.929. The van der Waals surface area contributed by atoms with Crippen LogP contribution in [0.25, 0.3) is 5.69 Å². The zero-order valence-electron chi connectivity index (χ0n) is 11.8. The van der Waals surface area contributed by atoms with Crippen LogP contribution < -0.4 is 5.32 Å². The lowest BCUT2D eigenvalue weighted by Crippen LogP contribution is -2.34. The third kappa shape index (κ3) is 2.92. The van der Waals surface area contributed by atoms with Gasteiger partial charge in [0, 0.05) is 12.3 Å². The Labute approximate surface area is 124 Å². The molecule has 0 radical (unpaired) electrons. The van der Waals surface area contributed by atoms with Gasteiger partial charge in [-0.25, -0.2) is 13.1 Å². The highest BCUT2D eigenvalue weighted by Gasteiger charge is 2.35. The fraction of sp³-hybridized carbons (Fsp3) is 0.429. The van der Waals surface area contributed by atoms with Gasteiger partial charge in [0.05, 0.1) is 29.0 Å². The Morgan fingerprint density at radius 3 is 2.81 bits per heavy atom. The Hall–Kier alpha value is -1.89. The summed E-state index contributed by atoms with van der Waals surface area (Å²) in [7, 11) is -3.04. The lowest BCUT2D eigenvalue weighted by Gasteiger charge is -2.22. The first-order valence-corrected chi connectivity index (χ1v) is 8.92. The summed E-state index contributed by atoms with van der Waals surface area (Å²) in [4.78, 5) is 0. The van der Waals surface area contributed by atoms with E-state index in [1.165, 1.54) is 6.26 Å². The van der Waals surface area contributed by atoms with E-state index in [1.807, 2.05) is 24.3 Å². The lowest BCUT2D eigenvalue weighted by atomic mass is 10.2. The van der Waals surface area contributed by atoms with Crippen LogP contribution in [0.15, 0.2) is 36.7 Å². The SMILES string of the molecule is CS(=O)(=O)C1CCCC1Nc1ccccc1-n1ccnn1. The van der Waals surface area contributed by atoms with E-state index in [1.54, 1.807) is 17.1 Å². The van der Waals surface area contributed by atoms with Crippen molar-refractivity contribution in [3.63, 3.8) is 0 Å². The van der Waals surface area contributed by atoms with Crippen LogP contribution in [-0.4, -0.2) is 41.0 Å². The van der Waals surface area contributed by atoms with Crippen LogP contribution >= 0.6 is 0 Å². The van der Waals surface area contributed by atoms with E-state index in [9.17, 15) is 8.42 Å². The fourth-order valence-electron chi connectivity index (χ4n) is 2.94. The molecule has 7 heteroatoms. The minimum Gasteiger partial charge on any atom is -0.379 e. The molecule has 0 aliphatic heterocycles. The summed E-state index contributed by atoms with van der Waals surface area (Å²) in [6.45, 7) is 0. The molecule has 1 aliphatic carbocycles. The number of hydrogen-bond donors (Lipinski definition) is 1. The lowest BCUT2D eigenvalue weighted by molar-refractivity contribution is 0.579. The van der Waals surface area contributed by atoms with Gasteiger partial charge >= 0.3 is 0 Å². The molecule has 1 aromatic heterocycles. The minimum absolute atomic E-state index is 0.0512. The highest BCUT2D eigenvalue weighted by atomic mass is 32.2. The van der Waals surface area contributed by atoms with E-state index in [-0.39, 0.29) is 11.3 Å². The summed E-state index contributed by atoms with van der Waals surface area (Å²) < 4.78 is 25.4. The van der Waals surface area contributed by atoms with Crippen LogP contribution in [-0.2, 0) is 9.84 Å². The molecule has 0 spiro atoms. The van der Waals surface area contributed by atoms with Crippen molar-refractivity contribution in [1.29, 1.82) is 0 Å². The maximum Gasteiger partial charge on any atom is 0.152 e. The van der Waals surface area contributed by atoms with Crippen molar-refractivity contribution in [3.05, 3.63) is 36.7 Å². The second-order valence-corrected chi connectivity index (χ2v) is 7.68. The average Bonchev–Trinajstić information content (AvgIpc) is 3.09. The second kappa shape index (κ2) is 5.48. The molecule has 3 rings (SSSR count). The molecule has 1 N–H and O–H groups in total. The van der Waals surface area contributed by atoms with Crippen molar-refractivity contribution >= 4 is 15.5 Å². The first kappa shape index (κ1) is 14.1. The monoisotopic (exact) mass is 306 g/mol. The van der Waals surface area contributed by atoms with E-state index < -0.39 is 9.84 Å². The molecule has 0 bridgehead atoms. The Morgan fingerprint density at radius 1 is 1.29 bits per heavy atom. The van der Waals surface area contributed by atoms with E-state index in [4.69, 9.17) is 0 Å². The number of rotatable bonds is 4. The molecular formula is C14H18N4O2S. The predicted octanol–water partition coefficient (Wildman–Crippen LogP) is 1.64. The molecule has 21 heavy (non-hydrogen) atoms. The fourth-order valence-corrected chi connectivity index (χ4v) is 4.33. The minimum atomic E-state index is -3.04. The molecule has 2 unspecified atom stereocenters. The van der Waals surface area contributed by atoms with E-state index in [0.29, 0.717) is 0 Å². The molecule has 1 fully saturated rings. The van der Waals surface area contributed by atoms with Crippen LogP contribution in [0.4, 0.5) is 5.69 Å². The van der Waals surface area contributed by atoms with Crippen molar-refractivity contribution in [1.82, 2.24) is 15.0 Å². The smallest absolute Gasteiger partial charge is 0.152 e. The number of benzene rings is 1. The molecule has 1 saturated carbocycles. The van der Waals surface area contributed by atoms with Crippen molar-refractivity contribution in [3.8, 4) is 5.69 Å². The highest BCUT2D eigenvalue weighted by molar-refractivity contribution is 7.91. The van der Waals surface area contributed by atoms with Crippen molar-refractivity contribution < 1.29 is 8.42 Å². The van der Waals surface area contributed by atoms with Crippen LogP contribution in [0.2, 0.25) is 0 Å². The van der Waals surface area contributed by atoms with Gasteiger partial charge in [0.15, 0.2) is 9.84 Å². The molecule has 1 heterocycles. The summed E-state index contributed by atoms with van der Waals surface area (Å²) in [6, 6.07) is 7.67. The standard InChI is InChI=1S/C14H18N4O2S/c1-21(19,20)14-8-4-6-12(14)16-11-5-2-3-7-13(11)18-10-9-15-17-18/h2-3,5,7,9-10,12,14,16H,4,6,8H2,1H3. The summed E-state index contributed by atoms with van der Waals surface area (Å²) in [6.07, 6.45) is 7.22. The van der Waals surface area contributed by atoms with Gasteiger partial charge in [0.25, 0.3) is 0 Å². The van der Waals surface area contributed by atoms with Gasteiger partial charge in [0.2, 0.25) is 0 Å². The topological polar surface area (TPSA) is 76.9 Å². The number of aromatic nitrogens is 3. The van der Waals surface area contributed by atoms with Crippen LogP contribution in [0.1, 0.15) is 19.3 Å². The normalized spacial score (nSPS) is 22.3. The Bertz CT molecular complexity index is 712. The molecule has 112 valence electrons. The maximum absolute atomic E-state index is 11.9. The Balaban J connectivity index is 1.89. The Kier molecular flexibility index (Phi) is 3.67. The van der Waals surface area contributed by atoms with Gasteiger partial charge in [-0.1, -0.05) is 17.3 Å². The third-order valence-electron chi connectivity index (χ3n) is 3.92. The zero-order chi connectivity index (χ0) is 14.9. The van der Waals surface area contributed by atoms with Gasteiger partial charge < -0.3 is 5.32 Å². The number of sulfone groups is 1. The zero-order valence-corrected chi connectivity index (χ0v) is 12.6. The summed E-state index contributed by atoms with van der Waals surface area (Å²) in [5.41, 5.74) is 1.75. The van der Waals surface area contributed by atoms with Gasteiger partial charge in [-0.05, 0) is 31.4 Å². The second-order valence-electron chi connectivity index (χ2n) is 5.41. The van der Waals surface area contributed by atoms with E-state index in [0.717, 1.165) is 30.6 Å². The van der Waals surface area contributed by atoms with Gasteiger partial charge in [-0.3, -0.25) is 0 Å². The molecular weight excluding hydrogens is 288 g/mol. The largest absolute Gasteiger partial charge is 0.379 e. The molecule has 2 aromatic rings. The van der Waals surface area contributed by atoms with Crippen molar-refractivity contribution in [2.45, 2.75) is 30.6 Å². The van der Waals surface area contributed by atoms with Crippen molar-refractivity contribution in [2.75, 3.05) is 11.6 Å². The van der Waals surface area contributed by atoms with E-state index >= 15 is 0 Å². The highest BCUT2D eigenvalue weighted by Crippen LogP contribution is 2.29. The number of anilines is 1. The van der Waals surface area contributed by atoms with E-state index in [2.05, 4.69) is 15.6 Å². The van der Waals surface area contributed by atoms with Gasteiger partial charge in [-0.15, -0.1) is 5.10 Å². The number of nitrogens with one attached hydrogen (secondary N) is 1. The van der Waals surface area contributed by atoms with Gasteiger partial charge in [0.1, 0.15) is 0 Å². The maximum atomic E-state index is 11.9. The molecule has 2 atom stereocenters. The molecule has 0 amide bonds. The first-order chi connectivity index (χ1) is 10.1. The third-order valence-corrected chi connectivity index (χ3v) is 5.58. The van der Waals surface area contributed by atoms with Crippen LogP contribution in [0.3, 0.4) is 0 Å². The molecule has 6 nitrogen and oxygen atoms in total. The number of nitrogens with zero attached hydrogens (tertiary/aromatic N) is 3. The summed E-state index contributed by atoms with van der Waals surface area (Å²) in [5.74, 6) is 0. The van der Waals surface area contributed by atoms with Crippen LogP contribution in [0, 0.1) is 0 Å².